The Kier molecular flexibility index (Phi) is 9.88. The second kappa shape index (κ2) is 11.6. The number of thioether (sulfide) groups is 1. The highest BCUT2D eigenvalue weighted by molar-refractivity contribution is 8.14. The number of ether oxygens (including phenoxy) is 2. The quantitative estimate of drug-likeness (QED) is 0.415. The highest BCUT2D eigenvalue weighted by Gasteiger charge is 2.37. The van der Waals surface area contributed by atoms with Crippen molar-refractivity contribution in [2.45, 2.75) is 67.8 Å². The first-order valence-corrected chi connectivity index (χ1v) is 12.2. The first kappa shape index (κ1) is 22.1. The Balaban J connectivity index is 1.78. The SMILES string of the molecule is CSC(CO)(CCCCCC(OC1CCCCO1)c1ccco1)[S+](C)[O-]. The van der Waals surface area contributed by atoms with Crippen molar-refractivity contribution in [2.75, 3.05) is 25.7 Å². The van der Waals surface area contributed by atoms with Crippen LogP contribution in [0.5, 0.6) is 0 Å². The minimum Gasteiger partial charge on any atom is -0.615 e. The van der Waals surface area contributed by atoms with Crippen molar-refractivity contribution in [3.05, 3.63) is 24.2 Å². The lowest BCUT2D eigenvalue weighted by atomic mass is 10.1. The highest BCUT2D eigenvalue weighted by atomic mass is 32.3. The summed E-state index contributed by atoms with van der Waals surface area (Å²) in [6, 6.07) is 3.84. The van der Waals surface area contributed by atoms with Crippen molar-refractivity contribution < 1.29 is 23.6 Å². The topological polar surface area (TPSA) is 74.9 Å². The van der Waals surface area contributed by atoms with Gasteiger partial charge in [0.25, 0.3) is 0 Å². The first-order valence-electron chi connectivity index (χ1n) is 9.41. The molecule has 1 N–H and O–H groups in total. The lowest BCUT2D eigenvalue weighted by Crippen LogP contribution is -2.38. The van der Waals surface area contributed by atoms with Crippen LogP contribution in [0, 0.1) is 0 Å². The fourth-order valence-corrected chi connectivity index (χ4v) is 5.28. The number of hydrogen-bond acceptors (Lipinski definition) is 6. The standard InChI is InChI=1S/C19H32O5S2/c1-25-19(15-20,26(2)21)12-6-3-4-9-17(16-10-8-14-22-16)24-18-11-5-7-13-23-18/h8,10,14,17-18,20H,3-7,9,11-13,15H2,1-2H3. The third-order valence-corrected chi connectivity index (χ3v) is 8.64. The molecule has 7 heteroatoms. The summed E-state index contributed by atoms with van der Waals surface area (Å²) in [5.41, 5.74) is 0. The molecule has 4 unspecified atom stereocenters. The molecule has 1 aromatic rings. The van der Waals surface area contributed by atoms with Gasteiger partial charge in [-0.05, 0) is 61.7 Å². The van der Waals surface area contributed by atoms with Gasteiger partial charge in [-0.1, -0.05) is 12.8 Å². The van der Waals surface area contributed by atoms with Gasteiger partial charge in [-0.3, -0.25) is 0 Å². The largest absolute Gasteiger partial charge is 0.615 e. The summed E-state index contributed by atoms with van der Waals surface area (Å²) >= 11 is 0.456. The molecule has 0 aromatic carbocycles. The Bertz CT molecular complexity index is 470. The molecule has 1 aromatic heterocycles. The normalized spacial score (nSPS) is 22.7. The Morgan fingerprint density at radius 2 is 2.27 bits per heavy atom. The number of aliphatic hydroxyl groups is 1. The molecule has 0 spiro atoms. The zero-order chi connectivity index (χ0) is 18.8. The van der Waals surface area contributed by atoms with E-state index < -0.39 is 15.3 Å². The van der Waals surface area contributed by atoms with Gasteiger partial charge in [-0.25, -0.2) is 0 Å². The highest BCUT2D eigenvalue weighted by Crippen LogP contribution is 2.35. The summed E-state index contributed by atoms with van der Waals surface area (Å²) in [5.74, 6) is 0.850. The maximum absolute atomic E-state index is 12.0. The van der Waals surface area contributed by atoms with Crippen LogP contribution in [-0.2, 0) is 20.6 Å². The fraction of sp³-hybridized carbons (Fsp3) is 0.789. The molecule has 26 heavy (non-hydrogen) atoms. The minimum absolute atomic E-state index is 0.0472. The molecular weight excluding hydrogens is 372 g/mol. The zero-order valence-corrected chi connectivity index (χ0v) is 17.5. The van der Waals surface area contributed by atoms with Gasteiger partial charge in [0.15, 0.2) is 10.4 Å². The molecule has 0 bridgehead atoms. The predicted octanol–water partition coefficient (Wildman–Crippen LogP) is 4.24. The van der Waals surface area contributed by atoms with Crippen LogP contribution < -0.4 is 0 Å². The molecular formula is C19H32O5S2. The van der Waals surface area contributed by atoms with Crippen molar-refractivity contribution in [3.8, 4) is 0 Å². The molecule has 0 amide bonds. The van der Waals surface area contributed by atoms with E-state index in [0.717, 1.165) is 63.7 Å². The van der Waals surface area contributed by atoms with Crippen LogP contribution in [0.4, 0.5) is 0 Å². The monoisotopic (exact) mass is 404 g/mol. The lowest BCUT2D eigenvalue weighted by molar-refractivity contribution is -0.194. The van der Waals surface area contributed by atoms with Crippen LogP contribution in [-0.4, -0.2) is 45.8 Å². The van der Waals surface area contributed by atoms with E-state index in [1.807, 2.05) is 18.4 Å². The summed E-state index contributed by atoms with van der Waals surface area (Å²) in [7, 11) is 0. The van der Waals surface area contributed by atoms with E-state index in [2.05, 4.69) is 0 Å². The number of furan rings is 1. The van der Waals surface area contributed by atoms with E-state index in [9.17, 15) is 9.66 Å². The van der Waals surface area contributed by atoms with Crippen molar-refractivity contribution in [2.24, 2.45) is 0 Å². The van der Waals surface area contributed by atoms with Crippen LogP contribution in [0.3, 0.4) is 0 Å². The third-order valence-electron chi connectivity index (χ3n) is 4.98. The van der Waals surface area contributed by atoms with Crippen molar-refractivity contribution >= 4 is 22.9 Å². The first-order chi connectivity index (χ1) is 12.6. The zero-order valence-electron chi connectivity index (χ0n) is 15.9. The van der Waals surface area contributed by atoms with E-state index in [0.29, 0.717) is 0 Å². The van der Waals surface area contributed by atoms with Crippen molar-refractivity contribution in [1.82, 2.24) is 0 Å². The second-order valence-electron chi connectivity index (χ2n) is 6.76. The van der Waals surface area contributed by atoms with Gasteiger partial charge in [0.05, 0.1) is 12.5 Å². The van der Waals surface area contributed by atoms with Crippen LogP contribution in [0.1, 0.15) is 63.2 Å². The molecule has 2 rings (SSSR count). The van der Waals surface area contributed by atoms with Gasteiger partial charge in [-0.2, -0.15) is 0 Å². The van der Waals surface area contributed by atoms with Gasteiger partial charge >= 0.3 is 0 Å². The van der Waals surface area contributed by atoms with E-state index in [1.54, 1.807) is 12.5 Å². The molecule has 2 heterocycles. The van der Waals surface area contributed by atoms with Crippen LogP contribution in [0.15, 0.2) is 22.8 Å². The Morgan fingerprint density at radius 3 is 2.85 bits per heavy atom. The lowest BCUT2D eigenvalue weighted by Gasteiger charge is -2.30. The van der Waals surface area contributed by atoms with Gasteiger partial charge in [0, 0.05) is 13.0 Å². The van der Waals surface area contributed by atoms with Crippen LogP contribution in [0.25, 0.3) is 0 Å². The Labute approximate surface area is 164 Å². The average Bonchev–Trinajstić information content (AvgIpc) is 3.19. The molecule has 0 radical (unpaired) electrons. The third kappa shape index (κ3) is 6.46. The molecule has 1 saturated heterocycles. The number of rotatable bonds is 12. The summed E-state index contributed by atoms with van der Waals surface area (Å²) in [4.78, 5) is 0. The summed E-state index contributed by atoms with van der Waals surface area (Å²) < 4.78 is 28.8. The number of aliphatic hydroxyl groups excluding tert-OH is 1. The van der Waals surface area contributed by atoms with Gasteiger partial charge < -0.3 is 23.6 Å². The molecule has 5 nitrogen and oxygen atoms in total. The summed E-state index contributed by atoms with van der Waals surface area (Å²) in [6.45, 7) is 0.718. The van der Waals surface area contributed by atoms with Crippen molar-refractivity contribution in [1.29, 1.82) is 0 Å². The van der Waals surface area contributed by atoms with E-state index >= 15 is 0 Å². The van der Waals surface area contributed by atoms with Gasteiger partial charge in [-0.15, -0.1) is 11.8 Å². The van der Waals surface area contributed by atoms with E-state index in [-0.39, 0.29) is 19.0 Å². The van der Waals surface area contributed by atoms with E-state index in [1.165, 1.54) is 11.8 Å². The van der Waals surface area contributed by atoms with Crippen LogP contribution in [0.2, 0.25) is 0 Å². The van der Waals surface area contributed by atoms with Gasteiger partial charge in [0.2, 0.25) is 0 Å². The summed E-state index contributed by atoms with van der Waals surface area (Å²) in [6.07, 6.45) is 12.8. The molecule has 0 aliphatic carbocycles. The molecule has 1 aliphatic rings. The maximum Gasteiger partial charge on any atom is 0.193 e. The second-order valence-corrected chi connectivity index (χ2v) is 9.90. The average molecular weight is 405 g/mol. The molecule has 150 valence electrons. The number of unbranched alkanes of at least 4 members (excludes halogenated alkanes) is 2. The Hall–Kier alpha value is -0.180. The minimum atomic E-state index is -1.05. The smallest absolute Gasteiger partial charge is 0.193 e. The molecule has 1 aliphatic heterocycles. The maximum atomic E-state index is 12.0. The van der Waals surface area contributed by atoms with E-state index in [4.69, 9.17) is 13.9 Å². The number of hydrogen-bond donors (Lipinski definition) is 1. The van der Waals surface area contributed by atoms with Gasteiger partial charge in [0.1, 0.15) is 18.5 Å². The predicted molar refractivity (Wildman–Crippen MR) is 107 cm³/mol. The fourth-order valence-electron chi connectivity index (χ4n) is 3.25. The molecule has 0 saturated carbocycles. The van der Waals surface area contributed by atoms with Crippen molar-refractivity contribution in [3.63, 3.8) is 0 Å². The van der Waals surface area contributed by atoms with Crippen LogP contribution >= 0.6 is 11.8 Å². The summed E-state index contributed by atoms with van der Waals surface area (Å²) in [5, 5.41) is 9.64. The Morgan fingerprint density at radius 1 is 1.42 bits per heavy atom. The molecule has 1 fully saturated rings. The molecule has 4 atom stereocenters.